The summed E-state index contributed by atoms with van der Waals surface area (Å²) in [6.45, 7) is 6.80. The van der Waals surface area contributed by atoms with Gasteiger partial charge in [0, 0.05) is 12.5 Å². The van der Waals surface area contributed by atoms with Crippen molar-refractivity contribution in [3.63, 3.8) is 0 Å². The van der Waals surface area contributed by atoms with E-state index in [-0.39, 0.29) is 24.2 Å². The van der Waals surface area contributed by atoms with Crippen LogP contribution in [0, 0.1) is 18.8 Å². The first kappa shape index (κ1) is 16.0. The standard InChI is InChI=1S/C15H22N2O.ClH/c1-11-4-3-5-13(8-11)6-7-17-15(18)12(2)14-9-16-10-14;/h3-5,8,12,14,16H,6-7,9-10H2,1-2H3,(H,17,18);1H. The number of aryl methyl sites for hydroxylation is 1. The van der Waals surface area contributed by atoms with Crippen LogP contribution < -0.4 is 10.6 Å². The lowest BCUT2D eigenvalue weighted by Gasteiger charge is -2.31. The number of hydrogen-bond acceptors (Lipinski definition) is 2. The zero-order valence-corrected chi connectivity index (χ0v) is 12.4. The van der Waals surface area contributed by atoms with Gasteiger partial charge in [0.2, 0.25) is 5.91 Å². The van der Waals surface area contributed by atoms with E-state index in [0.29, 0.717) is 5.92 Å². The van der Waals surface area contributed by atoms with Crippen LogP contribution in [0.25, 0.3) is 0 Å². The third-order valence-corrected chi connectivity index (χ3v) is 3.73. The first-order valence-corrected chi connectivity index (χ1v) is 6.71. The fourth-order valence-corrected chi connectivity index (χ4v) is 2.24. The van der Waals surface area contributed by atoms with Crippen LogP contribution in [-0.2, 0) is 11.2 Å². The molecule has 1 amide bonds. The van der Waals surface area contributed by atoms with Crippen molar-refractivity contribution in [2.24, 2.45) is 11.8 Å². The Balaban J connectivity index is 0.00000180. The molecule has 0 radical (unpaired) electrons. The summed E-state index contributed by atoms with van der Waals surface area (Å²) in [7, 11) is 0. The Hall–Kier alpha value is -1.06. The fraction of sp³-hybridized carbons (Fsp3) is 0.533. The molecule has 1 atom stereocenters. The molecule has 0 aromatic heterocycles. The van der Waals surface area contributed by atoms with Crippen LogP contribution in [0.2, 0.25) is 0 Å². The number of carbonyl (C=O) groups excluding carboxylic acids is 1. The maximum absolute atomic E-state index is 11.9. The van der Waals surface area contributed by atoms with E-state index in [1.54, 1.807) is 0 Å². The molecule has 0 saturated carbocycles. The van der Waals surface area contributed by atoms with Crippen molar-refractivity contribution in [2.75, 3.05) is 19.6 Å². The summed E-state index contributed by atoms with van der Waals surface area (Å²) < 4.78 is 0. The Labute approximate surface area is 121 Å². The second kappa shape index (κ2) is 7.51. The van der Waals surface area contributed by atoms with Gasteiger partial charge in [0.15, 0.2) is 0 Å². The summed E-state index contributed by atoms with van der Waals surface area (Å²) in [5.41, 5.74) is 2.56. The summed E-state index contributed by atoms with van der Waals surface area (Å²) in [6.07, 6.45) is 0.906. The Kier molecular flexibility index (Phi) is 6.32. The van der Waals surface area contributed by atoms with E-state index in [1.807, 2.05) is 6.92 Å². The van der Waals surface area contributed by atoms with Crippen LogP contribution in [0.4, 0.5) is 0 Å². The van der Waals surface area contributed by atoms with Crippen molar-refractivity contribution in [3.8, 4) is 0 Å². The first-order chi connectivity index (χ1) is 8.66. The number of halogens is 1. The van der Waals surface area contributed by atoms with Gasteiger partial charge in [-0.25, -0.2) is 0 Å². The first-order valence-electron chi connectivity index (χ1n) is 6.71. The van der Waals surface area contributed by atoms with Crippen molar-refractivity contribution >= 4 is 18.3 Å². The van der Waals surface area contributed by atoms with Crippen molar-refractivity contribution in [1.82, 2.24) is 10.6 Å². The molecule has 3 nitrogen and oxygen atoms in total. The Morgan fingerprint density at radius 1 is 1.47 bits per heavy atom. The van der Waals surface area contributed by atoms with Gasteiger partial charge in [-0.3, -0.25) is 4.79 Å². The van der Waals surface area contributed by atoms with Gasteiger partial charge < -0.3 is 10.6 Å². The minimum Gasteiger partial charge on any atom is -0.356 e. The lowest BCUT2D eigenvalue weighted by Crippen LogP contribution is -2.49. The summed E-state index contributed by atoms with van der Waals surface area (Å²) in [4.78, 5) is 11.9. The lowest BCUT2D eigenvalue weighted by atomic mass is 9.88. The highest BCUT2D eigenvalue weighted by Crippen LogP contribution is 2.15. The molecule has 1 aromatic rings. The van der Waals surface area contributed by atoms with Gasteiger partial charge in [-0.15, -0.1) is 12.4 Å². The molecular weight excluding hydrogens is 260 g/mol. The number of hydrogen-bond donors (Lipinski definition) is 2. The van der Waals surface area contributed by atoms with E-state index in [1.165, 1.54) is 11.1 Å². The maximum atomic E-state index is 11.9. The molecule has 4 heteroatoms. The zero-order chi connectivity index (χ0) is 13.0. The van der Waals surface area contributed by atoms with E-state index < -0.39 is 0 Å². The van der Waals surface area contributed by atoms with Crippen molar-refractivity contribution in [2.45, 2.75) is 20.3 Å². The minimum atomic E-state index is 0. The molecule has 19 heavy (non-hydrogen) atoms. The van der Waals surface area contributed by atoms with Gasteiger partial charge in [0.1, 0.15) is 0 Å². The fourth-order valence-electron chi connectivity index (χ4n) is 2.24. The molecule has 1 fully saturated rings. The number of carbonyl (C=O) groups is 1. The topological polar surface area (TPSA) is 41.1 Å². The molecule has 1 saturated heterocycles. The molecule has 1 aliphatic heterocycles. The van der Waals surface area contributed by atoms with Crippen LogP contribution in [0.5, 0.6) is 0 Å². The van der Waals surface area contributed by atoms with Gasteiger partial charge in [-0.1, -0.05) is 36.8 Å². The quantitative estimate of drug-likeness (QED) is 0.866. The Morgan fingerprint density at radius 3 is 2.79 bits per heavy atom. The molecule has 2 rings (SSSR count). The highest BCUT2D eigenvalue weighted by Gasteiger charge is 2.28. The molecule has 2 N–H and O–H groups in total. The minimum absolute atomic E-state index is 0. The Bertz CT molecular complexity index is 418. The molecule has 1 aromatic carbocycles. The second-order valence-electron chi connectivity index (χ2n) is 5.24. The monoisotopic (exact) mass is 282 g/mol. The van der Waals surface area contributed by atoms with Crippen LogP contribution in [0.1, 0.15) is 18.1 Å². The second-order valence-corrected chi connectivity index (χ2v) is 5.24. The average molecular weight is 283 g/mol. The van der Waals surface area contributed by atoms with E-state index in [4.69, 9.17) is 0 Å². The van der Waals surface area contributed by atoms with E-state index in [9.17, 15) is 4.79 Å². The van der Waals surface area contributed by atoms with Crippen molar-refractivity contribution in [3.05, 3.63) is 35.4 Å². The summed E-state index contributed by atoms with van der Waals surface area (Å²) in [6, 6.07) is 8.44. The molecule has 1 aliphatic rings. The van der Waals surface area contributed by atoms with Gasteiger partial charge >= 0.3 is 0 Å². The van der Waals surface area contributed by atoms with E-state index in [0.717, 1.165) is 26.1 Å². The highest BCUT2D eigenvalue weighted by molar-refractivity contribution is 5.85. The Morgan fingerprint density at radius 2 is 2.21 bits per heavy atom. The predicted molar refractivity (Wildman–Crippen MR) is 80.7 cm³/mol. The molecule has 1 heterocycles. The number of rotatable bonds is 5. The van der Waals surface area contributed by atoms with Crippen LogP contribution >= 0.6 is 12.4 Å². The van der Waals surface area contributed by atoms with Crippen LogP contribution in [-0.4, -0.2) is 25.5 Å². The predicted octanol–water partition coefficient (Wildman–Crippen LogP) is 1.93. The summed E-state index contributed by atoms with van der Waals surface area (Å²) >= 11 is 0. The number of benzene rings is 1. The van der Waals surface area contributed by atoms with Crippen molar-refractivity contribution in [1.29, 1.82) is 0 Å². The van der Waals surface area contributed by atoms with E-state index in [2.05, 4.69) is 41.8 Å². The number of amides is 1. The summed E-state index contributed by atoms with van der Waals surface area (Å²) in [5.74, 6) is 0.835. The van der Waals surface area contributed by atoms with Crippen molar-refractivity contribution < 1.29 is 4.79 Å². The maximum Gasteiger partial charge on any atom is 0.223 e. The largest absolute Gasteiger partial charge is 0.356 e. The van der Waals surface area contributed by atoms with Crippen LogP contribution in [0.15, 0.2) is 24.3 Å². The molecule has 0 spiro atoms. The molecule has 106 valence electrons. The third-order valence-electron chi connectivity index (χ3n) is 3.73. The van der Waals surface area contributed by atoms with E-state index >= 15 is 0 Å². The highest BCUT2D eigenvalue weighted by atomic mass is 35.5. The number of nitrogens with one attached hydrogen (secondary N) is 2. The lowest BCUT2D eigenvalue weighted by molar-refractivity contribution is -0.126. The SMILES string of the molecule is Cc1cccc(CCNC(=O)C(C)C2CNC2)c1.Cl. The normalized spacial score (nSPS) is 16.1. The molecule has 0 bridgehead atoms. The molecule has 0 aliphatic carbocycles. The van der Waals surface area contributed by atoms with Gasteiger partial charge in [0.05, 0.1) is 0 Å². The summed E-state index contributed by atoms with van der Waals surface area (Å²) in [5, 5.41) is 6.24. The van der Waals surface area contributed by atoms with Gasteiger partial charge in [-0.05, 0) is 37.9 Å². The van der Waals surface area contributed by atoms with Gasteiger partial charge in [0.25, 0.3) is 0 Å². The zero-order valence-electron chi connectivity index (χ0n) is 11.6. The van der Waals surface area contributed by atoms with Gasteiger partial charge in [-0.2, -0.15) is 0 Å². The molecule has 1 unspecified atom stereocenters. The van der Waals surface area contributed by atoms with Crippen LogP contribution in [0.3, 0.4) is 0 Å². The average Bonchev–Trinajstić information content (AvgIpc) is 2.26. The smallest absolute Gasteiger partial charge is 0.223 e. The third kappa shape index (κ3) is 4.51. The molecular formula is C15H23ClN2O.